The number of carboxylic acid groups (broad SMARTS) is 2. The summed E-state index contributed by atoms with van der Waals surface area (Å²) in [6.45, 7) is 0. The molecular formula is C4H7NO4. The van der Waals surface area contributed by atoms with E-state index in [1.54, 1.807) is 0 Å². The van der Waals surface area contributed by atoms with Crippen LogP contribution in [0, 0.1) is 0 Å². The molecular weight excluding hydrogens is 126 g/mol. The monoisotopic (exact) mass is 140 g/mol. The number of carboxylic acids is 2. The van der Waals surface area contributed by atoms with E-state index in [0.29, 0.717) is 0 Å². The largest absolute Gasteiger partial charge is 0.481 e. The zero-order chi connectivity index (χ0) is 13.1. The molecule has 0 aliphatic carbocycles. The quantitative estimate of drug-likeness (QED) is 0.459. The average molecular weight is 140 g/mol. The van der Waals surface area contributed by atoms with Crippen LogP contribution in [-0.4, -0.2) is 28.2 Å². The van der Waals surface area contributed by atoms with Crippen LogP contribution in [0.1, 0.15) is 10.5 Å². The van der Waals surface area contributed by atoms with Gasteiger partial charge in [-0.2, -0.15) is 0 Å². The molecule has 0 aromatic rings. The fourth-order valence-electron chi connectivity index (χ4n) is 0.148. The minimum absolute atomic E-state index is 0.749. The van der Waals surface area contributed by atoms with Crippen molar-refractivity contribution in [1.29, 1.82) is 2.86 Å². The smallest absolute Gasteiger partial charge is 0.321 e. The molecule has 1 atom stereocenters. The normalized spacial score (nSPS) is 28.3. The summed E-state index contributed by atoms with van der Waals surface area (Å²) in [4.78, 5) is 21.8. The fourth-order valence-corrected chi connectivity index (χ4v) is 0.148. The molecule has 0 spiro atoms. The summed E-state index contributed by atoms with van der Waals surface area (Å²) in [5, 5.41) is 6.55. The molecule has 0 bridgehead atoms. The SMILES string of the molecule is [2H]OC(=O)C([2H])([2H])[C@@]([2H])(C(=O)O[2H])N([2H])[2H]. The van der Waals surface area contributed by atoms with Crippen molar-refractivity contribution in [2.45, 2.75) is 12.4 Å². The highest BCUT2D eigenvalue weighted by Gasteiger charge is 2.14. The Kier molecular flexibility index (Phi) is 0.656. The molecule has 52 valence electrons. The van der Waals surface area contributed by atoms with E-state index >= 15 is 0 Å². The van der Waals surface area contributed by atoms with E-state index in [0.717, 1.165) is 0 Å². The van der Waals surface area contributed by atoms with Crippen molar-refractivity contribution < 1.29 is 26.7 Å². The molecule has 0 aromatic carbocycles. The van der Waals surface area contributed by atoms with Crippen molar-refractivity contribution in [2.24, 2.45) is 5.72 Å². The summed E-state index contributed by atoms with van der Waals surface area (Å²) in [7, 11) is 0. The van der Waals surface area contributed by atoms with Crippen LogP contribution < -0.4 is 5.72 Å². The molecule has 0 aliphatic rings. The second-order valence-corrected chi connectivity index (χ2v) is 1.05. The Morgan fingerprint density at radius 3 is 3.22 bits per heavy atom. The van der Waals surface area contributed by atoms with Crippen molar-refractivity contribution >= 4 is 11.9 Å². The molecule has 0 unspecified atom stereocenters. The van der Waals surface area contributed by atoms with Crippen LogP contribution in [-0.2, 0) is 9.59 Å². The Bertz CT molecular complexity index is 296. The molecule has 0 saturated heterocycles. The molecule has 0 saturated carbocycles. The maximum atomic E-state index is 11.0. The van der Waals surface area contributed by atoms with Crippen molar-refractivity contribution in [2.75, 3.05) is 0 Å². The number of hydrogen-bond donors (Lipinski definition) is 3. The van der Waals surface area contributed by atoms with Gasteiger partial charge in [0.05, 0.1) is 7.74 Å². The molecule has 0 amide bonds. The first kappa shape index (κ1) is 1.95. The maximum absolute atomic E-state index is 11.0. The topological polar surface area (TPSA) is 101 Å². The van der Waals surface area contributed by atoms with Gasteiger partial charge < -0.3 is 15.9 Å². The Morgan fingerprint density at radius 1 is 2.00 bits per heavy atom. The second kappa shape index (κ2) is 3.03. The van der Waals surface area contributed by atoms with Gasteiger partial charge in [0.1, 0.15) is 8.84 Å². The summed E-state index contributed by atoms with van der Waals surface area (Å²) in [5.41, 5.74) is -0.749. The van der Waals surface area contributed by atoms with Gasteiger partial charge in [-0.1, -0.05) is 0 Å². The number of hydrogen-bond acceptors (Lipinski definition) is 5. The Labute approximate surface area is 61.2 Å². The fraction of sp³-hybridized carbons (Fsp3) is 0.500. The third kappa shape index (κ3) is 3.48. The van der Waals surface area contributed by atoms with Crippen molar-refractivity contribution in [3.05, 3.63) is 0 Å². The molecule has 4 N–H and O–H groups in total. The van der Waals surface area contributed by atoms with E-state index in [9.17, 15) is 9.59 Å². The number of aliphatic carboxylic acids is 2. The van der Waals surface area contributed by atoms with E-state index in [-0.39, 0.29) is 0 Å². The third-order valence-electron chi connectivity index (χ3n) is 0.414. The second-order valence-electron chi connectivity index (χ2n) is 1.05. The molecule has 0 aromatic heterocycles. The molecule has 0 rings (SSSR count). The molecule has 5 heteroatoms. The van der Waals surface area contributed by atoms with Gasteiger partial charge in [0.2, 0.25) is 0 Å². The first-order chi connectivity index (χ1) is 7.16. The summed E-state index contributed by atoms with van der Waals surface area (Å²) in [6.07, 6.45) is -3.52. The Morgan fingerprint density at radius 2 is 2.78 bits per heavy atom. The van der Waals surface area contributed by atoms with Gasteiger partial charge in [0.15, 0.2) is 0 Å². The first-order valence-corrected chi connectivity index (χ1v) is 1.79. The number of rotatable bonds is 4. The van der Waals surface area contributed by atoms with Gasteiger partial charge in [0, 0.05) is 2.74 Å². The van der Waals surface area contributed by atoms with Gasteiger partial charge in [-0.05, 0) is 0 Å². The maximum Gasteiger partial charge on any atom is 0.321 e. The Hall–Kier alpha value is -1.10. The van der Waals surface area contributed by atoms with Gasteiger partial charge >= 0.3 is 11.9 Å². The number of nitrogens with two attached hydrogens (primary N) is 1. The highest BCUT2D eigenvalue weighted by Crippen LogP contribution is 1.86. The molecule has 0 aliphatic heterocycles. The Balaban J connectivity index is 5.52. The summed E-state index contributed by atoms with van der Waals surface area (Å²) in [6, 6.07) is -3.47. The van der Waals surface area contributed by atoms with E-state index < -0.39 is 30.0 Å². The molecule has 0 radical (unpaired) electrons. The predicted molar refractivity (Wildman–Crippen MR) is 27.9 cm³/mol. The van der Waals surface area contributed by atoms with Crippen LogP contribution in [0.4, 0.5) is 0 Å². The van der Waals surface area contributed by atoms with E-state index in [1.807, 2.05) is 0 Å². The lowest BCUT2D eigenvalue weighted by Crippen LogP contribution is -2.32. The van der Waals surface area contributed by atoms with Crippen molar-refractivity contribution in [3.63, 3.8) is 0 Å². The molecule has 0 fully saturated rings. The standard InChI is InChI=1S/C4H7NO4/c5-2(4(8)9)1-3(6)7/h2H,1,5H2,(H,6,7)(H,8,9)/t2-/m0/s1/i1D2,2D/hD4. The lowest BCUT2D eigenvalue weighted by molar-refractivity contribution is -0.144. The van der Waals surface area contributed by atoms with E-state index in [1.165, 1.54) is 0 Å². The lowest BCUT2D eigenvalue weighted by Gasteiger charge is -1.99. The van der Waals surface area contributed by atoms with Crippen molar-refractivity contribution in [1.82, 2.24) is 0 Å². The van der Waals surface area contributed by atoms with E-state index in [4.69, 9.17) is 9.80 Å². The summed E-state index contributed by atoms with van der Waals surface area (Å²) >= 11 is 0. The predicted octanol–water partition coefficient (Wildman–Crippen LogP) is -1.13. The highest BCUT2D eigenvalue weighted by atomic mass is 16.4. The van der Waals surface area contributed by atoms with Crippen LogP contribution in [0.25, 0.3) is 2.86 Å². The third-order valence-corrected chi connectivity index (χ3v) is 0.414. The van der Waals surface area contributed by atoms with Crippen LogP contribution in [0.15, 0.2) is 0 Å². The van der Waals surface area contributed by atoms with E-state index in [2.05, 4.69) is 10.2 Å². The number of carbonyl (C=O) groups is 2. The molecule has 0 heterocycles. The zero-order valence-corrected chi connectivity index (χ0v) is 4.08. The minimum Gasteiger partial charge on any atom is -0.481 e. The van der Waals surface area contributed by atoms with Crippen LogP contribution in [0.2, 0.25) is 2.82 Å². The average Bonchev–Trinajstić information content (AvgIpc) is 2.24. The summed E-state index contributed by atoms with van der Waals surface area (Å²) < 4.78 is 47.1. The highest BCUT2D eigenvalue weighted by molar-refractivity contribution is 5.80. The van der Waals surface area contributed by atoms with Gasteiger partial charge in [0.25, 0.3) is 2.86 Å². The van der Waals surface area contributed by atoms with Crippen LogP contribution in [0.3, 0.4) is 0 Å². The van der Waals surface area contributed by atoms with Gasteiger partial charge in [-0.25, -0.2) is 0 Å². The van der Waals surface area contributed by atoms with Crippen LogP contribution in [0.5, 0.6) is 0 Å². The van der Waals surface area contributed by atoms with Crippen molar-refractivity contribution in [3.8, 4) is 0 Å². The minimum atomic E-state index is -3.52. The van der Waals surface area contributed by atoms with Crippen LogP contribution >= 0.6 is 0 Å². The first-order valence-electron chi connectivity index (χ1n) is 5.00. The lowest BCUT2D eigenvalue weighted by atomic mass is 10.2. The molecule has 9 heavy (non-hydrogen) atoms. The molecule has 5 nitrogen and oxygen atoms in total. The summed E-state index contributed by atoms with van der Waals surface area (Å²) in [5.74, 6) is -3.93. The van der Waals surface area contributed by atoms with Gasteiger partial charge in [-0.3, -0.25) is 9.59 Å². The zero-order valence-electron chi connectivity index (χ0n) is 11.1. The van der Waals surface area contributed by atoms with Gasteiger partial charge in [-0.15, -0.1) is 0 Å².